The van der Waals surface area contributed by atoms with Crippen molar-refractivity contribution in [1.82, 2.24) is 4.90 Å². The lowest BCUT2D eigenvalue weighted by Gasteiger charge is -2.22. The summed E-state index contributed by atoms with van der Waals surface area (Å²) in [6.45, 7) is 2.75. The van der Waals surface area contributed by atoms with Gasteiger partial charge >= 0.3 is 5.97 Å². The number of esters is 1. The van der Waals surface area contributed by atoms with Gasteiger partial charge in [0.1, 0.15) is 6.04 Å². The van der Waals surface area contributed by atoms with Crippen molar-refractivity contribution in [3.8, 4) is 0 Å². The summed E-state index contributed by atoms with van der Waals surface area (Å²) in [6, 6.07) is -0.334. The number of unbranched alkanes of at least 4 members (excludes halogenated alkanes) is 1. The topological polar surface area (TPSA) is 46.6 Å². The summed E-state index contributed by atoms with van der Waals surface area (Å²) in [5, 5.41) is 0. The van der Waals surface area contributed by atoms with Crippen LogP contribution in [0.1, 0.15) is 39.0 Å². The largest absolute Gasteiger partial charge is 0.467 e. The SMILES string of the molecule is CCCCC(=O)N1CCC[C@H]1C(=O)OC. The Morgan fingerprint density at radius 3 is 2.80 bits per heavy atom. The molecule has 0 radical (unpaired) electrons. The fourth-order valence-electron chi connectivity index (χ4n) is 1.92. The first-order valence-corrected chi connectivity index (χ1v) is 5.58. The Balaban J connectivity index is 2.52. The van der Waals surface area contributed by atoms with Gasteiger partial charge in [-0.05, 0) is 19.3 Å². The van der Waals surface area contributed by atoms with Gasteiger partial charge in [0.25, 0.3) is 0 Å². The van der Waals surface area contributed by atoms with Crippen LogP contribution in [0.25, 0.3) is 0 Å². The van der Waals surface area contributed by atoms with Crippen molar-refractivity contribution >= 4 is 11.9 Å². The molecule has 0 spiro atoms. The van der Waals surface area contributed by atoms with Crippen LogP contribution < -0.4 is 0 Å². The number of hydrogen-bond acceptors (Lipinski definition) is 3. The molecule has 1 amide bonds. The minimum atomic E-state index is -0.334. The van der Waals surface area contributed by atoms with Gasteiger partial charge in [0.05, 0.1) is 7.11 Å². The minimum Gasteiger partial charge on any atom is -0.467 e. The van der Waals surface area contributed by atoms with Gasteiger partial charge in [0.2, 0.25) is 5.91 Å². The Morgan fingerprint density at radius 1 is 1.47 bits per heavy atom. The van der Waals surface area contributed by atoms with E-state index in [1.165, 1.54) is 7.11 Å². The van der Waals surface area contributed by atoms with E-state index in [2.05, 4.69) is 11.7 Å². The normalized spacial score (nSPS) is 20.4. The van der Waals surface area contributed by atoms with Gasteiger partial charge in [-0.15, -0.1) is 0 Å². The van der Waals surface area contributed by atoms with Crippen molar-refractivity contribution in [2.45, 2.75) is 45.1 Å². The van der Waals surface area contributed by atoms with Crippen molar-refractivity contribution in [1.29, 1.82) is 0 Å². The predicted octanol–water partition coefficient (Wildman–Crippen LogP) is 1.34. The predicted molar refractivity (Wildman–Crippen MR) is 56.3 cm³/mol. The third-order valence-electron chi connectivity index (χ3n) is 2.79. The molecule has 0 aromatic rings. The molecule has 1 aliphatic rings. The number of amides is 1. The molecule has 4 heteroatoms. The first-order chi connectivity index (χ1) is 7.20. The van der Waals surface area contributed by atoms with Crippen molar-refractivity contribution in [2.75, 3.05) is 13.7 Å². The summed E-state index contributed by atoms with van der Waals surface area (Å²) in [5.41, 5.74) is 0. The molecular weight excluding hydrogens is 194 g/mol. The van der Waals surface area contributed by atoms with Crippen molar-refractivity contribution in [3.63, 3.8) is 0 Å². The van der Waals surface area contributed by atoms with Crippen LogP contribution in [0.3, 0.4) is 0 Å². The highest BCUT2D eigenvalue weighted by molar-refractivity contribution is 5.85. The maximum absolute atomic E-state index is 11.8. The quantitative estimate of drug-likeness (QED) is 0.662. The minimum absolute atomic E-state index is 0.0877. The molecular formula is C11H19NO3. The second-order valence-electron chi connectivity index (χ2n) is 3.87. The van der Waals surface area contributed by atoms with Gasteiger partial charge < -0.3 is 9.64 Å². The number of hydrogen-bond donors (Lipinski definition) is 0. The van der Waals surface area contributed by atoms with Crippen LogP contribution >= 0.6 is 0 Å². The van der Waals surface area contributed by atoms with E-state index >= 15 is 0 Å². The van der Waals surface area contributed by atoms with E-state index in [1.807, 2.05) is 0 Å². The highest BCUT2D eigenvalue weighted by Gasteiger charge is 2.34. The van der Waals surface area contributed by atoms with Gasteiger partial charge in [-0.1, -0.05) is 13.3 Å². The first kappa shape index (κ1) is 12.0. The fraction of sp³-hybridized carbons (Fsp3) is 0.818. The van der Waals surface area contributed by atoms with Gasteiger partial charge in [0.15, 0.2) is 0 Å². The van der Waals surface area contributed by atoms with E-state index in [0.717, 1.165) is 25.7 Å². The Morgan fingerprint density at radius 2 is 2.20 bits per heavy atom. The van der Waals surface area contributed by atoms with E-state index in [-0.39, 0.29) is 17.9 Å². The van der Waals surface area contributed by atoms with Crippen molar-refractivity contribution in [3.05, 3.63) is 0 Å². The molecule has 0 bridgehead atoms. The number of carbonyl (C=O) groups excluding carboxylic acids is 2. The van der Waals surface area contributed by atoms with Crippen LogP contribution in [0.2, 0.25) is 0 Å². The van der Waals surface area contributed by atoms with Crippen LogP contribution in [-0.2, 0) is 14.3 Å². The number of likely N-dealkylation sites (tertiary alicyclic amines) is 1. The van der Waals surface area contributed by atoms with Gasteiger partial charge in [-0.25, -0.2) is 4.79 Å². The van der Waals surface area contributed by atoms with E-state index in [0.29, 0.717) is 13.0 Å². The molecule has 1 saturated heterocycles. The molecule has 1 heterocycles. The second-order valence-corrected chi connectivity index (χ2v) is 3.87. The van der Waals surface area contributed by atoms with Gasteiger partial charge in [0, 0.05) is 13.0 Å². The molecule has 1 fully saturated rings. The molecule has 4 nitrogen and oxygen atoms in total. The summed E-state index contributed by atoms with van der Waals surface area (Å²) < 4.78 is 4.69. The Kier molecular flexibility index (Phi) is 4.59. The summed E-state index contributed by atoms with van der Waals surface area (Å²) >= 11 is 0. The number of rotatable bonds is 4. The van der Waals surface area contributed by atoms with Gasteiger partial charge in [-0.2, -0.15) is 0 Å². The highest BCUT2D eigenvalue weighted by atomic mass is 16.5. The zero-order chi connectivity index (χ0) is 11.3. The number of methoxy groups -OCH3 is 1. The number of ether oxygens (including phenoxy) is 1. The van der Waals surface area contributed by atoms with E-state index in [1.54, 1.807) is 4.90 Å². The highest BCUT2D eigenvalue weighted by Crippen LogP contribution is 2.19. The average molecular weight is 213 g/mol. The number of carbonyl (C=O) groups is 2. The summed E-state index contributed by atoms with van der Waals surface area (Å²) in [4.78, 5) is 24.8. The van der Waals surface area contributed by atoms with Crippen LogP contribution in [-0.4, -0.2) is 36.5 Å². The molecule has 0 saturated carbocycles. The standard InChI is InChI=1S/C11H19NO3/c1-3-4-7-10(13)12-8-5-6-9(12)11(14)15-2/h9H,3-8H2,1-2H3/t9-/m0/s1. The second kappa shape index (κ2) is 5.73. The molecule has 0 unspecified atom stereocenters. The fourth-order valence-corrected chi connectivity index (χ4v) is 1.92. The molecule has 1 aliphatic heterocycles. The lowest BCUT2D eigenvalue weighted by molar-refractivity contribution is -0.151. The van der Waals surface area contributed by atoms with Crippen molar-refractivity contribution < 1.29 is 14.3 Å². The molecule has 0 aromatic carbocycles. The van der Waals surface area contributed by atoms with E-state index in [4.69, 9.17) is 0 Å². The van der Waals surface area contributed by atoms with Crippen LogP contribution in [0.5, 0.6) is 0 Å². The third-order valence-corrected chi connectivity index (χ3v) is 2.79. The molecule has 86 valence electrons. The van der Waals surface area contributed by atoms with Crippen molar-refractivity contribution in [2.24, 2.45) is 0 Å². The Bertz CT molecular complexity index is 240. The van der Waals surface area contributed by atoms with Crippen LogP contribution in [0.4, 0.5) is 0 Å². The lowest BCUT2D eigenvalue weighted by Crippen LogP contribution is -2.40. The summed E-state index contributed by atoms with van der Waals surface area (Å²) in [7, 11) is 1.37. The first-order valence-electron chi connectivity index (χ1n) is 5.58. The van der Waals surface area contributed by atoms with Crippen LogP contribution in [0, 0.1) is 0 Å². The summed E-state index contributed by atoms with van der Waals surface area (Å²) in [6.07, 6.45) is 4.08. The van der Waals surface area contributed by atoms with Crippen LogP contribution in [0.15, 0.2) is 0 Å². The molecule has 0 aromatic heterocycles. The number of nitrogens with zero attached hydrogens (tertiary/aromatic N) is 1. The third kappa shape index (κ3) is 2.94. The maximum atomic E-state index is 11.8. The molecule has 0 N–H and O–H groups in total. The summed E-state index contributed by atoms with van der Waals surface area (Å²) in [5.74, 6) is -0.193. The van der Waals surface area contributed by atoms with E-state index in [9.17, 15) is 9.59 Å². The molecule has 1 atom stereocenters. The zero-order valence-electron chi connectivity index (χ0n) is 9.49. The van der Waals surface area contributed by atoms with E-state index < -0.39 is 0 Å². The molecule has 1 rings (SSSR count). The lowest BCUT2D eigenvalue weighted by atomic mass is 10.2. The monoisotopic (exact) mass is 213 g/mol. The zero-order valence-corrected chi connectivity index (χ0v) is 9.49. The Labute approximate surface area is 90.6 Å². The maximum Gasteiger partial charge on any atom is 0.328 e. The smallest absolute Gasteiger partial charge is 0.328 e. The molecule has 15 heavy (non-hydrogen) atoms. The molecule has 0 aliphatic carbocycles. The average Bonchev–Trinajstić information content (AvgIpc) is 2.73. The van der Waals surface area contributed by atoms with Gasteiger partial charge in [-0.3, -0.25) is 4.79 Å². The Hall–Kier alpha value is -1.06.